The molecular formula is C29H34N2O5S. The van der Waals surface area contributed by atoms with Crippen LogP contribution in [-0.2, 0) is 14.4 Å². The van der Waals surface area contributed by atoms with Crippen molar-refractivity contribution in [2.24, 2.45) is 17.8 Å². The van der Waals surface area contributed by atoms with E-state index in [2.05, 4.69) is 6.58 Å². The Hall–Kier alpha value is -2.84. The van der Waals surface area contributed by atoms with Gasteiger partial charge in [0.15, 0.2) is 0 Å². The maximum atomic E-state index is 14.6. The summed E-state index contributed by atoms with van der Waals surface area (Å²) in [5.41, 5.74) is 0.701. The van der Waals surface area contributed by atoms with Gasteiger partial charge in [-0.3, -0.25) is 14.4 Å². The molecule has 3 aliphatic heterocycles. The van der Waals surface area contributed by atoms with Gasteiger partial charge in [0.2, 0.25) is 5.91 Å². The lowest BCUT2D eigenvalue weighted by atomic mass is 9.71. The molecule has 2 amide bonds. The van der Waals surface area contributed by atoms with Gasteiger partial charge >= 0.3 is 5.97 Å². The van der Waals surface area contributed by atoms with E-state index in [1.54, 1.807) is 15.9 Å². The Morgan fingerprint density at radius 1 is 1.27 bits per heavy atom. The minimum absolute atomic E-state index is 0.0570. The summed E-state index contributed by atoms with van der Waals surface area (Å²) in [7, 11) is 0. The van der Waals surface area contributed by atoms with E-state index in [-0.39, 0.29) is 36.1 Å². The summed E-state index contributed by atoms with van der Waals surface area (Å²) in [4.78, 5) is 44.2. The molecule has 3 heterocycles. The van der Waals surface area contributed by atoms with Gasteiger partial charge < -0.3 is 20.0 Å². The maximum absolute atomic E-state index is 14.6. The summed E-state index contributed by atoms with van der Waals surface area (Å²) < 4.78 is -0.820. The van der Waals surface area contributed by atoms with Gasteiger partial charge in [-0.2, -0.15) is 0 Å². The van der Waals surface area contributed by atoms with Crippen LogP contribution in [0.15, 0.2) is 55.1 Å². The van der Waals surface area contributed by atoms with E-state index in [1.807, 2.05) is 56.3 Å². The first-order chi connectivity index (χ1) is 17.8. The van der Waals surface area contributed by atoms with Gasteiger partial charge in [-0.25, -0.2) is 0 Å². The Labute approximate surface area is 221 Å². The Balaban J connectivity index is 1.63. The van der Waals surface area contributed by atoms with Gasteiger partial charge in [0, 0.05) is 17.5 Å². The third kappa shape index (κ3) is 3.87. The molecule has 37 heavy (non-hydrogen) atoms. The van der Waals surface area contributed by atoms with E-state index < -0.39 is 34.6 Å². The summed E-state index contributed by atoms with van der Waals surface area (Å²) >= 11 is 1.51. The minimum atomic E-state index is -0.980. The third-order valence-corrected chi connectivity index (χ3v) is 10.7. The zero-order valence-electron chi connectivity index (χ0n) is 21.2. The summed E-state index contributed by atoms with van der Waals surface area (Å²) in [5, 5.41) is 22.4. The number of fused-ring (bicyclic) bond motifs is 2. The number of amides is 2. The molecule has 196 valence electrons. The molecule has 7 atom stereocenters. The molecule has 2 aromatic rings. The first-order valence-corrected chi connectivity index (χ1v) is 13.9. The van der Waals surface area contributed by atoms with Crippen LogP contribution in [0.2, 0.25) is 0 Å². The average molecular weight is 523 g/mol. The predicted octanol–water partition coefficient (Wildman–Crippen LogP) is 3.94. The number of hydrogen-bond acceptors (Lipinski definition) is 5. The Bertz CT molecular complexity index is 1250. The van der Waals surface area contributed by atoms with Gasteiger partial charge in [0.1, 0.15) is 6.04 Å². The van der Waals surface area contributed by atoms with Crippen LogP contribution >= 0.6 is 11.8 Å². The number of hydrogen-bond donors (Lipinski definition) is 2. The first-order valence-electron chi connectivity index (χ1n) is 13.0. The number of anilines is 1. The zero-order chi connectivity index (χ0) is 26.5. The van der Waals surface area contributed by atoms with E-state index >= 15 is 0 Å². The number of benzene rings is 2. The fraction of sp³-hybridized carbons (Fsp3) is 0.483. The highest BCUT2D eigenvalue weighted by Gasteiger charge is 2.74. The fourth-order valence-electron chi connectivity index (χ4n) is 6.77. The summed E-state index contributed by atoms with van der Waals surface area (Å²) in [5.74, 6) is -3.19. The highest BCUT2D eigenvalue weighted by Crippen LogP contribution is 2.67. The minimum Gasteiger partial charge on any atom is -0.481 e. The second-order valence-electron chi connectivity index (χ2n) is 10.5. The molecule has 8 heteroatoms. The molecule has 0 saturated carbocycles. The smallest absolute Gasteiger partial charge is 0.308 e. The van der Waals surface area contributed by atoms with Crippen molar-refractivity contribution in [3.05, 3.63) is 55.1 Å². The summed E-state index contributed by atoms with van der Waals surface area (Å²) in [6, 6.07) is 12.3. The number of carbonyl (C=O) groups excluding carboxylic acids is 2. The van der Waals surface area contributed by atoms with Crippen LogP contribution in [0.25, 0.3) is 10.8 Å². The molecule has 1 spiro atoms. The molecule has 7 nitrogen and oxygen atoms in total. The number of thioether (sulfide) groups is 1. The highest BCUT2D eigenvalue weighted by atomic mass is 32.2. The highest BCUT2D eigenvalue weighted by molar-refractivity contribution is 8.02. The lowest BCUT2D eigenvalue weighted by molar-refractivity contribution is -0.149. The van der Waals surface area contributed by atoms with Gasteiger partial charge in [-0.05, 0) is 41.7 Å². The van der Waals surface area contributed by atoms with Crippen LogP contribution in [-0.4, -0.2) is 68.1 Å². The quantitative estimate of drug-likeness (QED) is 0.484. The van der Waals surface area contributed by atoms with Crippen LogP contribution < -0.4 is 4.90 Å². The van der Waals surface area contributed by atoms with Crippen molar-refractivity contribution in [2.75, 3.05) is 18.1 Å². The third-order valence-electron chi connectivity index (χ3n) is 8.72. The van der Waals surface area contributed by atoms with Crippen molar-refractivity contribution in [3.63, 3.8) is 0 Å². The number of aliphatic carboxylic acids is 1. The molecule has 3 saturated heterocycles. The zero-order valence-corrected chi connectivity index (χ0v) is 22.1. The van der Waals surface area contributed by atoms with Gasteiger partial charge in [-0.1, -0.05) is 56.7 Å². The molecule has 5 rings (SSSR count). The maximum Gasteiger partial charge on any atom is 0.308 e. The number of aliphatic hydroxyl groups excluding tert-OH is 1. The number of nitrogens with zero attached hydrogens (tertiary/aromatic N) is 2. The number of carboxylic acids is 1. The van der Waals surface area contributed by atoms with Gasteiger partial charge in [0.05, 0.1) is 29.2 Å². The second kappa shape index (κ2) is 9.80. The molecule has 2 bridgehead atoms. The van der Waals surface area contributed by atoms with E-state index in [9.17, 15) is 24.6 Å². The number of aliphatic hydroxyl groups is 1. The van der Waals surface area contributed by atoms with Crippen molar-refractivity contribution in [1.29, 1.82) is 0 Å². The molecular weight excluding hydrogens is 488 g/mol. The van der Waals surface area contributed by atoms with E-state index in [0.29, 0.717) is 24.9 Å². The Morgan fingerprint density at radius 2 is 2.00 bits per heavy atom. The van der Waals surface area contributed by atoms with Crippen LogP contribution in [0.1, 0.15) is 33.1 Å². The largest absolute Gasteiger partial charge is 0.481 e. The lowest BCUT2D eigenvalue weighted by Gasteiger charge is -2.41. The van der Waals surface area contributed by atoms with E-state index in [4.69, 9.17) is 0 Å². The molecule has 2 unspecified atom stereocenters. The number of carboxylic acid groups (broad SMARTS) is 1. The summed E-state index contributed by atoms with van der Waals surface area (Å²) in [6.07, 6.45) is 3.65. The Kier molecular flexibility index (Phi) is 6.83. The van der Waals surface area contributed by atoms with Crippen molar-refractivity contribution in [2.45, 2.75) is 55.2 Å². The standard InChI is InChI=1S/C29H34N2O5S/c1-4-14-30(20-11-10-18-8-6-7-9-19(18)15-20)27(34)25-29-13-12-22(37-29)23(28(35)36)24(29)26(33)31(25)21(16-32)17(3)5-2/h4,6-11,15,17,21-25,32H,1,5,12-14,16H2,2-3H3,(H,35,36)/t17-,21-,22+,23-,24-,25?,29?/m0/s1. The van der Waals surface area contributed by atoms with Gasteiger partial charge in [-0.15, -0.1) is 18.3 Å². The molecule has 0 aromatic heterocycles. The number of likely N-dealkylation sites (tertiary alicyclic amines) is 1. The molecule has 2 N–H and O–H groups in total. The van der Waals surface area contributed by atoms with Crippen LogP contribution in [0, 0.1) is 17.8 Å². The van der Waals surface area contributed by atoms with E-state index in [0.717, 1.165) is 10.8 Å². The first kappa shape index (κ1) is 25.8. The summed E-state index contributed by atoms with van der Waals surface area (Å²) in [6.45, 7) is 7.80. The topological polar surface area (TPSA) is 98.2 Å². The van der Waals surface area contributed by atoms with E-state index in [1.165, 1.54) is 11.8 Å². The molecule has 0 radical (unpaired) electrons. The average Bonchev–Trinajstić information content (AvgIpc) is 3.54. The fourth-order valence-corrected chi connectivity index (χ4v) is 8.96. The number of rotatable bonds is 9. The number of carbonyl (C=O) groups is 3. The van der Waals surface area contributed by atoms with Crippen molar-refractivity contribution >= 4 is 46.0 Å². The monoisotopic (exact) mass is 522 g/mol. The van der Waals surface area contributed by atoms with Gasteiger partial charge in [0.25, 0.3) is 5.91 Å². The molecule has 0 aliphatic carbocycles. The molecule has 3 aliphatic rings. The van der Waals surface area contributed by atoms with Crippen molar-refractivity contribution in [3.8, 4) is 0 Å². The lowest BCUT2D eigenvalue weighted by Crippen LogP contribution is -2.58. The molecule has 2 aromatic carbocycles. The second-order valence-corrected chi connectivity index (χ2v) is 12.1. The predicted molar refractivity (Wildman–Crippen MR) is 145 cm³/mol. The van der Waals surface area contributed by atoms with Crippen LogP contribution in [0.5, 0.6) is 0 Å². The SMILES string of the molecule is C=CCN(C(=O)C1N([C@@H](CO)[C@@H](C)CC)C(=O)[C@@H]2[C@@H](C(=O)O)[C@H]3CCC12S3)c1ccc2ccccc2c1. The van der Waals surface area contributed by atoms with Crippen molar-refractivity contribution in [1.82, 2.24) is 4.90 Å². The Morgan fingerprint density at radius 3 is 2.65 bits per heavy atom. The normalized spacial score (nSPS) is 29.8. The van der Waals surface area contributed by atoms with Crippen LogP contribution in [0.4, 0.5) is 5.69 Å². The molecule has 3 fully saturated rings. The van der Waals surface area contributed by atoms with Crippen LogP contribution in [0.3, 0.4) is 0 Å². The van der Waals surface area contributed by atoms with Crippen molar-refractivity contribution < 1.29 is 24.6 Å².